The number of halogens is 2. The van der Waals surface area contributed by atoms with E-state index >= 15 is 0 Å². The Morgan fingerprint density at radius 2 is 2.36 bits per heavy atom. The van der Waals surface area contributed by atoms with Crippen LogP contribution in [0.1, 0.15) is 0 Å². The number of aromatic nitrogens is 1. The summed E-state index contributed by atoms with van der Waals surface area (Å²) in [7, 11) is 0. The van der Waals surface area contributed by atoms with Crippen molar-refractivity contribution in [3.05, 3.63) is 28.2 Å². The van der Waals surface area contributed by atoms with E-state index in [0.717, 1.165) is 9.86 Å². The third-order valence-corrected chi connectivity index (χ3v) is 2.28. The van der Waals surface area contributed by atoms with Gasteiger partial charge < -0.3 is 4.42 Å². The van der Waals surface area contributed by atoms with Crippen LogP contribution in [0.5, 0.6) is 0 Å². The zero-order chi connectivity index (χ0) is 7.84. The lowest BCUT2D eigenvalue weighted by Gasteiger charge is -1.88. The molecule has 11 heavy (non-hydrogen) atoms. The standard InChI is InChI=1S/C7H3BrClNO/c8-5-3-11-6-4(5)1-2-10-7(6)9/h1-3H. The topological polar surface area (TPSA) is 26.0 Å². The van der Waals surface area contributed by atoms with Gasteiger partial charge in [-0.25, -0.2) is 4.98 Å². The van der Waals surface area contributed by atoms with Crippen LogP contribution in [0.2, 0.25) is 5.15 Å². The maximum Gasteiger partial charge on any atom is 0.172 e. The molecule has 2 heterocycles. The second-order valence-electron chi connectivity index (χ2n) is 2.06. The first-order chi connectivity index (χ1) is 5.29. The predicted octanol–water partition coefficient (Wildman–Crippen LogP) is 3.24. The van der Waals surface area contributed by atoms with Gasteiger partial charge in [-0.1, -0.05) is 11.6 Å². The first-order valence-electron chi connectivity index (χ1n) is 2.96. The fraction of sp³-hybridized carbons (Fsp3) is 0. The molecule has 0 saturated heterocycles. The molecule has 0 aliphatic carbocycles. The van der Waals surface area contributed by atoms with Crippen molar-refractivity contribution in [3.8, 4) is 0 Å². The highest BCUT2D eigenvalue weighted by atomic mass is 79.9. The molecule has 2 nitrogen and oxygen atoms in total. The van der Waals surface area contributed by atoms with Gasteiger partial charge in [-0.05, 0) is 22.0 Å². The van der Waals surface area contributed by atoms with Crippen LogP contribution in [0.4, 0.5) is 0 Å². The Bertz CT molecular complexity index is 398. The smallest absolute Gasteiger partial charge is 0.172 e. The number of hydrogen-bond acceptors (Lipinski definition) is 2. The van der Waals surface area contributed by atoms with E-state index in [1.165, 1.54) is 0 Å². The molecule has 0 aliphatic rings. The zero-order valence-corrected chi connectivity index (χ0v) is 7.69. The molecule has 0 aromatic carbocycles. The molecular weight excluding hydrogens is 229 g/mol. The van der Waals surface area contributed by atoms with Crippen LogP contribution in [0.25, 0.3) is 11.0 Å². The summed E-state index contributed by atoms with van der Waals surface area (Å²) in [6, 6.07) is 1.84. The summed E-state index contributed by atoms with van der Waals surface area (Å²) in [6.45, 7) is 0. The lowest BCUT2D eigenvalue weighted by atomic mass is 10.3. The molecule has 0 aliphatic heterocycles. The number of fused-ring (bicyclic) bond motifs is 1. The van der Waals surface area contributed by atoms with Gasteiger partial charge in [0.05, 0.1) is 4.47 Å². The normalized spacial score (nSPS) is 10.7. The van der Waals surface area contributed by atoms with Crippen LogP contribution < -0.4 is 0 Å². The largest absolute Gasteiger partial charge is 0.460 e. The molecule has 2 aromatic heterocycles. The van der Waals surface area contributed by atoms with E-state index in [-0.39, 0.29) is 0 Å². The van der Waals surface area contributed by atoms with E-state index < -0.39 is 0 Å². The maximum atomic E-state index is 5.74. The van der Waals surface area contributed by atoms with E-state index in [9.17, 15) is 0 Å². The molecule has 0 atom stereocenters. The number of rotatable bonds is 0. The lowest BCUT2D eigenvalue weighted by Crippen LogP contribution is -1.72. The molecule has 0 spiro atoms. The van der Waals surface area contributed by atoms with Gasteiger partial charge in [0.1, 0.15) is 6.26 Å². The highest BCUT2D eigenvalue weighted by Crippen LogP contribution is 2.29. The minimum atomic E-state index is 0.396. The van der Waals surface area contributed by atoms with Crippen LogP contribution >= 0.6 is 27.5 Å². The summed E-state index contributed by atoms with van der Waals surface area (Å²) in [5.41, 5.74) is 0.626. The highest BCUT2D eigenvalue weighted by Gasteiger charge is 2.05. The summed E-state index contributed by atoms with van der Waals surface area (Å²) >= 11 is 9.07. The van der Waals surface area contributed by atoms with E-state index in [2.05, 4.69) is 20.9 Å². The average Bonchev–Trinajstić information content (AvgIpc) is 2.35. The minimum absolute atomic E-state index is 0.396. The van der Waals surface area contributed by atoms with Crippen LogP contribution in [0.3, 0.4) is 0 Å². The molecular formula is C7H3BrClNO. The van der Waals surface area contributed by atoms with Crippen molar-refractivity contribution in [2.75, 3.05) is 0 Å². The Hall–Kier alpha value is -0.540. The van der Waals surface area contributed by atoms with Crippen molar-refractivity contribution < 1.29 is 4.42 Å². The maximum absolute atomic E-state index is 5.74. The SMILES string of the molecule is Clc1nccc2c(Br)coc12. The average molecular weight is 232 g/mol. The fourth-order valence-corrected chi connectivity index (χ4v) is 1.51. The minimum Gasteiger partial charge on any atom is -0.460 e. The van der Waals surface area contributed by atoms with Gasteiger partial charge in [0.2, 0.25) is 0 Å². The molecule has 4 heteroatoms. The Morgan fingerprint density at radius 3 is 3.09 bits per heavy atom. The third kappa shape index (κ3) is 1.04. The van der Waals surface area contributed by atoms with Gasteiger partial charge in [-0.2, -0.15) is 0 Å². The Labute approximate surface area is 76.3 Å². The van der Waals surface area contributed by atoms with E-state index in [1.807, 2.05) is 6.07 Å². The van der Waals surface area contributed by atoms with Crippen molar-refractivity contribution in [1.29, 1.82) is 0 Å². The summed E-state index contributed by atoms with van der Waals surface area (Å²) < 4.78 is 6.04. The van der Waals surface area contributed by atoms with Gasteiger partial charge in [0, 0.05) is 11.6 Å². The van der Waals surface area contributed by atoms with Crippen molar-refractivity contribution in [2.24, 2.45) is 0 Å². The second kappa shape index (κ2) is 2.50. The van der Waals surface area contributed by atoms with Crippen molar-refractivity contribution in [2.45, 2.75) is 0 Å². The van der Waals surface area contributed by atoms with Crippen LogP contribution in [0.15, 0.2) is 27.4 Å². The highest BCUT2D eigenvalue weighted by molar-refractivity contribution is 9.10. The van der Waals surface area contributed by atoms with Gasteiger partial charge in [0.25, 0.3) is 0 Å². The first-order valence-corrected chi connectivity index (χ1v) is 4.13. The predicted molar refractivity (Wildman–Crippen MR) is 46.7 cm³/mol. The van der Waals surface area contributed by atoms with E-state index in [1.54, 1.807) is 12.5 Å². The molecule has 2 aromatic rings. The van der Waals surface area contributed by atoms with Gasteiger partial charge in [-0.3, -0.25) is 0 Å². The van der Waals surface area contributed by atoms with E-state index in [0.29, 0.717) is 10.7 Å². The van der Waals surface area contributed by atoms with Gasteiger partial charge in [0.15, 0.2) is 10.7 Å². The molecule has 0 amide bonds. The molecule has 56 valence electrons. The summed E-state index contributed by atoms with van der Waals surface area (Å²) in [4.78, 5) is 3.87. The number of pyridine rings is 1. The van der Waals surface area contributed by atoms with Gasteiger partial charge in [-0.15, -0.1) is 0 Å². The van der Waals surface area contributed by atoms with Crippen molar-refractivity contribution >= 4 is 38.5 Å². The van der Waals surface area contributed by atoms with Crippen LogP contribution in [0, 0.1) is 0 Å². The molecule has 0 unspecified atom stereocenters. The number of furan rings is 1. The van der Waals surface area contributed by atoms with Crippen molar-refractivity contribution in [3.63, 3.8) is 0 Å². The molecule has 0 fully saturated rings. The summed E-state index contributed by atoms with van der Waals surface area (Å²) in [5, 5.41) is 1.35. The fourth-order valence-electron chi connectivity index (χ4n) is 0.897. The van der Waals surface area contributed by atoms with E-state index in [4.69, 9.17) is 16.0 Å². The Kier molecular flexibility index (Phi) is 1.62. The van der Waals surface area contributed by atoms with Crippen LogP contribution in [-0.2, 0) is 0 Å². The lowest BCUT2D eigenvalue weighted by molar-refractivity contribution is 0.612. The molecule has 0 N–H and O–H groups in total. The molecule has 2 rings (SSSR count). The number of hydrogen-bond donors (Lipinski definition) is 0. The van der Waals surface area contributed by atoms with Crippen molar-refractivity contribution in [1.82, 2.24) is 4.98 Å². The Morgan fingerprint density at radius 1 is 1.55 bits per heavy atom. The first kappa shape index (κ1) is 7.13. The summed E-state index contributed by atoms with van der Waals surface area (Å²) in [6.07, 6.45) is 3.24. The Balaban J connectivity index is 2.94. The monoisotopic (exact) mass is 231 g/mol. The second-order valence-corrected chi connectivity index (χ2v) is 3.27. The van der Waals surface area contributed by atoms with Gasteiger partial charge >= 0.3 is 0 Å². The van der Waals surface area contributed by atoms with Crippen LogP contribution in [-0.4, -0.2) is 4.98 Å². The number of nitrogens with zero attached hydrogens (tertiary/aromatic N) is 1. The quantitative estimate of drug-likeness (QED) is 0.652. The molecule has 0 bridgehead atoms. The third-order valence-electron chi connectivity index (χ3n) is 1.40. The summed E-state index contributed by atoms with van der Waals surface area (Å²) in [5.74, 6) is 0. The molecule has 0 radical (unpaired) electrons. The molecule has 0 saturated carbocycles. The zero-order valence-electron chi connectivity index (χ0n) is 5.34.